The highest BCUT2D eigenvalue weighted by Gasteiger charge is 2.27. The van der Waals surface area contributed by atoms with Gasteiger partial charge in [0.05, 0.1) is 0 Å². The third-order valence-electron chi connectivity index (χ3n) is 5.31. The van der Waals surface area contributed by atoms with Gasteiger partial charge in [-0.05, 0) is 35.9 Å². The van der Waals surface area contributed by atoms with Gasteiger partial charge in [-0.25, -0.2) is 9.13 Å². The molecule has 1 unspecified atom stereocenters. The van der Waals surface area contributed by atoms with Crippen LogP contribution in [0.5, 0.6) is 5.75 Å². The van der Waals surface area contributed by atoms with E-state index < -0.39 is 0 Å². The summed E-state index contributed by atoms with van der Waals surface area (Å²) < 4.78 is 11.2. The first-order chi connectivity index (χ1) is 13.4. The van der Waals surface area contributed by atoms with Crippen LogP contribution in [0.2, 0.25) is 5.02 Å². The molecule has 0 aliphatic carbocycles. The van der Waals surface area contributed by atoms with E-state index in [-0.39, 0.29) is 28.9 Å². The Kier molecular flexibility index (Phi) is 6.87. The van der Waals surface area contributed by atoms with Crippen molar-refractivity contribution in [1.29, 1.82) is 0 Å². The predicted octanol–water partition coefficient (Wildman–Crippen LogP) is 1.70. The molecule has 4 nitrogen and oxygen atoms in total. The van der Waals surface area contributed by atoms with Crippen LogP contribution in [0.3, 0.4) is 0 Å². The van der Waals surface area contributed by atoms with Gasteiger partial charge in [-0.1, -0.05) is 39.7 Å². The van der Waals surface area contributed by atoms with E-state index in [1.54, 1.807) is 0 Å². The zero-order chi connectivity index (χ0) is 19.8. The van der Waals surface area contributed by atoms with Gasteiger partial charge in [-0.3, -0.25) is 4.79 Å². The number of carbonyl (C=O) groups is 1. The van der Waals surface area contributed by atoms with E-state index in [0.717, 1.165) is 45.2 Å². The number of nitrogens with zero attached hydrogens (tertiary/aromatic N) is 2. The Morgan fingerprint density at radius 2 is 1.97 bits per heavy atom. The Balaban J connectivity index is 0.00000240. The third kappa shape index (κ3) is 4.76. The van der Waals surface area contributed by atoms with E-state index in [9.17, 15) is 4.79 Å². The highest BCUT2D eigenvalue weighted by Crippen LogP contribution is 2.31. The fourth-order valence-electron chi connectivity index (χ4n) is 3.59. The number of ether oxygens (including phenoxy) is 1. The maximum atomic E-state index is 12.6. The SMILES string of the molecule is Cc1c(C)[n+](CC(=O)c2ccc(Br)cc2)cn1CC1Cc2cc(Cl)ccc2O1.[Br-]. The number of fused-ring (bicyclic) bond motifs is 1. The Bertz CT molecular complexity index is 1050. The molecule has 0 saturated heterocycles. The predicted molar refractivity (Wildman–Crippen MR) is 112 cm³/mol. The summed E-state index contributed by atoms with van der Waals surface area (Å²) in [4.78, 5) is 12.6. The topological polar surface area (TPSA) is 35.1 Å². The number of aromatic nitrogens is 2. The van der Waals surface area contributed by atoms with Crippen LogP contribution in [0, 0.1) is 13.8 Å². The van der Waals surface area contributed by atoms with Gasteiger partial charge in [0.2, 0.25) is 12.1 Å². The van der Waals surface area contributed by atoms with Crippen LogP contribution in [-0.2, 0) is 19.5 Å². The van der Waals surface area contributed by atoms with Gasteiger partial charge in [-0.15, -0.1) is 0 Å². The number of hydrogen-bond donors (Lipinski definition) is 0. The second-order valence-electron chi connectivity index (χ2n) is 7.19. The van der Waals surface area contributed by atoms with Crippen molar-refractivity contribution < 1.29 is 31.1 Å². The molecule has 2 heterocycles. The summed E-state index contributed by atoms with van der Waals surface area (Å²) in [6.07, 6.45) is 2.92. The lowest BCUT2D eigenvalue weighted by molar-refractivity contribution is -0.688. The van der Waals surface area contributed by atoms with Crippen molar-refractivity contribution in [2.45, 2.75) is 39.5 Å². The molecular formula is C22H21Br2ClN2O2. The van der Waals surface area contributed by atoms with Gasteiger partial charge in [0, 0.05) is 35.3 Å². The summed E-state index contributed by atoms with van der Waals surface area (Å²) in [6, 6.07) is 13.2. The summed E-state index contributed by atoms with van der Waals surface area (Å²) in [5, 5.41) is 0.736. The van der Waals surface area contributed by atoms with Crippen molar-refractivity contribution in [3.8, 4) is 5.75 Å². The summed E-state index contributed by atoms with van der Waals surface area (Å²) in [5.74, 6) is 1.01. The monoisotopic (exact) mass is 538 g/mol. The van der Waals surface area contributed by atoms with Crippen LogP contribution in [-0.4, -0.2) is 16.5 Å². The largest absolute Gasteiger partial charge is 1.00 e. The summed E-state index contributed by atoms with van der Waals surface area (Å²) in [7, 11) is 0. The van der Waals surface area contributed by atoms with E-state index in [1.165, 1.54) is 0 Å². The molecule has 4 rings (SSSR count). The van der Waals surface area contributed by atoms with Crippen molar-refractivity contribution in [3.63, 3.8) is 0 Å². The van der Waals surface area contributed by atoms with Crippen molar-refractivity contribution in [2.75, 3.05) is 0 Å². The Labute approximate surface area is 194 Å². The zero-order valence-electron chi connectivity index (χ0n) is 16.2. The number of benzene rings is 2. The minimum absolute atomic E-state index is 0. The Hall–Kier alpha value is -1.63. The molecule has 0 spiro atoms. The van der Waals surface area contributed by atoms with Gasteiger partial charge in [0.25, 0.3) is 0 Å². The van der Waals surface area contributed by atoms with E-state index in [4.69, 9.17) is 16.3 Å². The molecule has 1 aliphatic heterocycles. The number of Topliss-reactive ketones (excluding diaryl/α,β-unsaturated/α-hetero) is 1. The molecule has 2 aromatic carbocycles. The number of carbonyl (C=O) groups excluding carboxylic acids is 1. The Morgan fingerprint density at radius 1 is 1.24 bits per heavy atom. The fraction of sp³-hybridized carbons (Fsp3) is 0.273. The minimum atomic E-state index is 0. The van der Waals surface area contributed by atoms with E-state index in [1.807, 2.05) is 60.3 Å². The van der Waals surface area contributed by atoms with Crippen LogP contribution in [0.1, 0.15) is 27.3 Å². The highest BCUT2D eigenvalue weighted by molar-refractivity contribution is 9.10. The maximum absolute atomic E-state index is 12.6. The number of hydrogen-bond acceptors (Lipinski definition) is 2. The quantitative estimate of drug-likeness (QED) is 0.365. The van der Waals surface area contributed by atoms with Gasteiger partial charge in [-0.2, -0.15) is 0 Å². The first-order valence-corrected chi connectivity index (χ1v) is 10.4. The van der Waals surface area contributed by atoms with Gasteiger partial charge >= 0.3 is 0 Å². The molecule has 1 aromatic heterocycles. The molecule has 3 aromatic rings. The standard InChI is InChI=1S/C22H21BrClN2O2.BrH/c1-14-15(2)26(12-21(27)16-3-5-18(23)6-4-16)13-25(14)11-20-10-17-9-19(24)7-8-22(17)28-20;/h3-9,13,20H,10-12H2,1-2H3;1H/q+1;/p-1. The van der Waals surface area contributed by atoms with Crippen LogP contribution in [0.25, 0.3) is 0 Å². The van der Waals surface area contributed by atoms with Gasteiger partial charge < -0.3 is 21.7 Å². The second-order valence-corrected chi connectivity index (χ2v) is 8.54. The van der Waals surface area contributed by atoms with E-state index in [0.29, 0.717) is 12.1 Å². The van der Waals surface area contributed by atoms with Crippen LogP contribution < -0.4 is 26.3 Å². The molecule has 0 N–H and O–H groups in total. The normalized spacial score (nSPS) is 14.8. The molecule has 0 amide bonds. The second kappa shape index (κ2) is 9.02. The molecule has 7 heteroatoms. The van der Waals surface area contributed by atoms with Crippen molar-refractivity contribution in [2.24, 2.45) is 0 Å². The molecule has 0 fully saturated rings. The number of imidazole rings is 1. The first kappa shape index (κ1) is 22.1. The molecule has 0 radical (unpaired) electrons. The van der Waals surface area contributed by atoms with Crippen LogP contribution >= 0.6 is 27.5 Å². The molecule has 0 bridgehead atoms. The van der Waals surface area contributed by atoms with Crippen LogP contribution in [0.4, 0.5) is 0 Å². The maximum Gasteiger partial charge on any atom is 0.244 e. The fourth-order valence-corrected chi connectivity index (χ4v) is 4.05. The molecule has 1 aliphatic rings. The minimum Gasteiger partial charge on any atom is -1.00 e. The number of rotatable bonds is 5. The smallest absolute Gasteiger partial charge is 0.244 e. The van der Waals surface area contributed by atoms with Crippen molar-refractivity contribution >= 4 is 33.3 Å². The van der Waals surface area contributed by atoms with E-state index in [2.05, 4.69) is 27.4 Å². The molecule has 0 saturated carbocycles. The van der Waals surface area contributed by atoms with Crippen LogP contribution in [0.15, 0.2) is 53.3 Å². The first-order valence-electron chi connectivity index (χ1n) is 9.20. The molecule has 1 atom stereocenters. The average molecular weight is 541 g/mol. The van der Waals surface area contributed by atoms with Crippen molar-refractivity contribution in [1.82, 2.24) is 4.57 Å². The average Bonchev–Trinajstić information content (AvgIpc) is 3.18. The number of ketones is 1. The van der Waals surface area contributed by atoms with E-state index >= 15 is 0 Å². The molecule has 29 heavy (non-hydrogen) atoms. The lowest BCUT2D eigenvalue weighted by Crippen LogP contribution is -3.00. The lowest BCUT2D eigenvalue weighted by Gasteiger charge is -2.08. The lowest BCUT2D eigenvalue weighted by atomic mass is 10.1. The van der Waals surface area contributed by atoms with Gasteiger partial charge in [0.1, 0.15) is 29.8 Å². The zero-order valence-corrected chi connectivity index (χ0v) is 20.1. The summed E-state index contributed by atoms with van der Waals surface area (Å²) in [6.45, 7) is 5.18. The highest BCUT2D eigenvalue weighted by atomic mass is 79.9. The van der Waals surface area contributed by atoms with Gasteiger partial charge in [0.15, 0.2) is 6.54 Å². The molecule has 152 valence electrons. The van der Waals surface area contributed by atoms with Crippen molar-refractivity contribution in [3.05, 3.63) is 80.8 Å². The molecular weight excluding hydrogens is 520 g/mol. The number of halogens is 3. The summed E-state index contributed by atoms with van der Waals surface area (Å²) >= 11 is 9.49. The third-order valence-corrected chi connectivity index (χ3v) is 6.07. The summed E-state index contributed by atoms with van der Waals surface area (Å²) in [5.41, 5.74) is 4.09. The Morgan fingerprint density at radius 3 is 2.69 bits per heavy atom.